The van der Waals surface area contributed by atoms with Crippen molar-refractivity contribution in [1.82, 2.24) is 9.80 Å². The van der Waals surface area contributed by atoms with Crippen LogP contribution < -0.4 is 0 Å². The highest BCUT2D eigenvalue weighted by Gasteiger charge is 2.41. The third kappa shape index (κ3) is 4.73. The van der Waals surface area contributed by atoms with Crippen molar-refractivity contribution < 1.29 is 14.3 Å². The van der Waals surface area contributed by atoms with Crippen LogP contribution in [0, 0.1) is 12.8 Å². The van der Waals surface area contributed by atoms with E-state index in [4.69, 9.17) is 9.47 Å². The van der Waals surface area contributed by atoms with Crippen LogP contribution in [0.2, 0.25) is 0 Å². The van der Waals surface area contributed by atoms with E-state index in [0.29, 0.717) is 31.5 Å². The SMILES string of the molecule is Cc1ccsc1CN1CCC2(CC1)CC(CC(=O)N1CCOCC1)CCO2. The van der Waals surface area contributed by atoms with Crippen molar-refractivity contribution in [3.63, 3.8) is 0 Å². The molecule has 3 aliphatic heterocycles. The Bertz CT molecular complexity index is 633. The third-order valence-corrected chi connectivity index (χ3v) is 7.53. The minimum atomic E-state index is 0.00913. The zero-order chi connectivity index (χ0) is 18.7. The second-order valence-corrected chi connectivity index (χ2v) is 9.39. The van der Waals surface area contributed by atoms with Gasteiger partial charge in [-0.05, 0) is 55.5 Å². The highest BCUT2D eigenvalue weighted by atomic mass is 32.1. The Balaban J connectivity index is 1.28. The monoisotopic (exact) mass is 392 g/mol. The number of amides is 1. The summed E-state index contributed by atoms with van der Waals surface area (Å²) in [7, 11) is 0. The van der Waals surface area contributed by atoms with Gasteiger partial charge in [0.25, 0.3) is 0 Å². The van der Waals surface area contributed by atoms with Crippen LogP contribution in [0.25, 0.3) is 0 Å². The Kier molecular flexibility index (Phi) is 6.17. The molecule has 6 heteroatoms. The first-order valence-corrected chi connectivity index (χ1v) is 11.3. The van der Waals surface area contributed by atoms with Gasteiger partial charge in [-0.25, -0.2) is 0 Å². The first-order chi connectivity index (χ1) is 13.1. The van der Waals surface area contributed by atoms with Gasteiger partial charge in [0.1, 0.15) is 0 Å². The molecule has 3 fully saturated rings. The van der Waals surface area contributed by atoms with Gasteiger partial charge in [-0.3, -0.25) is 9.69 Å². The van der Waals surface area contributed by atoms with Gasteiger partial charge in [0.2, 0.25) is 5.91 Å². The van der Waals surface area contributed by atoms with Crippen LogP contribution in [-0.4, -0.2) is 67.3 Å². The Morgan fingerprint density at radius 1 is 1.22 bits per heavy atom. The fourth-order valence-corrected chi connectivity index (χ4v) is 5.68. The average molecular weight is 393 g/mol. The van der Waals surface area contributed by atoms with Crippen LogP contribution in [0.4, 0.5) is 0 Å². The lowest BCUT2D eigenvalue weighted by molar-refractivity contribution is -0.145. The second kappa shape index (κ2) is 8.60. The van der Waals surface area contributed by atoms with Crippen LogP contribution in [0.15, 0.2) is 11.4 Å². The van der Waals surface area contributed by atoms with Crippen LogP contribution in [0.5, 0.6) is 0 Å². The van der Waals surface area contributed by atoms with Crippen LogP contribution in [-0.2, 0) is 20.8 Å². The summed E-state index contributed by atoms with van der Waals surface area (Å²) in [5, 5.41) is 2.19. The van der Waals surface area contributed by atoms with Crippen LogP contribution in [0.1, 0.15) is 42.5 Å². The maximum absolute atomic E-state index is 12.6. The van der Waals surface area contributed by atoms with Crippen molar-refractivity contribution in [1.29, 1.82) is 0 Å². The molecule has 0 radical (unpaired) electrons. The maximum Gasteiger partial charge on any atom is 0.223 e. The number of thiophene rings is 1. The van der Waals surface area contributed by atoms with Gasteiger partial charge in [0.05, 0.1) is 18.8 Å². The Hall–Kier alpha value is -0.950. The molecule has 4 heterocycles. The van der Waals surface area contributed by atoms with Gasteiger partial charge in [-0.15, -0.1) is 11.3 Å². The Morgan fingerprint density at radius 2 is 2.00 bits per heavy atom. The topological polar surface area (TPSA) is 42.0 Å². The van der Waals surface area contributed by atoms with E-state index >= 15 is 0 Å². The number of rotatable bonds is 4. The van der Waals surface area contributed by atoms with Crippen molar-refractivity contribution in [3.8, 4) is 0 Å². The summed E-state index contributed by atoms with van der Waals surface area (Å²) in [5.74, 6) is 0.783. The number of carbonyl (C=O) groups excluding carboxylic acids is 1. The summed E-state index contributed by atoms with van der Waals surface area (Å²) < 4.78 is 11.7. The molecule has 4 rings (SSSR count). The summed E-state index contributed by atoms with van der Waals surface area (Å²) >= 11 is 1.87. The lowest BCUT2D eigenvalue weighted by atomic mass is 9.78. The number of carbonyl (C=O) groups is 1. The highest BCUT2D eigenvalue weighted by Crippen LogP contribution is 2.39. The molecular weight excluding hydrogens is 360 g/mol. The number of morpholine rings is 1. The molecule has 1 unspecified atom stereocenters. The molecule has 0 bridgehead atoms. The molecule has 1 spiro atoms. The molecule has 3 saturated heterocycles. The van der Waals surface area contributed by atoms with E-state index in [-0.39, 0.29) is 5.60 Å². The van der Waals surface area contributed by atoms with Crippen LogP contribution >= 0.6 is 11.3 Å². The summed E-state index contributed by atoms with van der Waals surface area (Å²) in [6.45, 7) is 9.16. The molecule has 150 valence electrons. The fourth-order valence-electron chi connectivity index (χ4n) is 4.73. The fraction of sp³-hybridized carbons (Fsp3) is 0.762. The minimum Gasteiger partial charge on any atom is -0.378 e. The summed E-state index contributed by atoms with van der Waals surface area (Å²) in [6.07, 6.45) is 4.95. The highest BCUT2D eigenvalue weighted by molar-refractivity contribution is 7.10. The van der Waals surface area contributed by atoms with E-state index in [9.17, 15) is 4.79 Å². The quantitative estimate of drug-likeness (QED) is 0.790. The Morgan fingerprint density at radius 3 is 2.70 bits per heavy atom. The number of hydrogen-bond donors (Lipinski definition) is 0. The number of aryl methyl sites for hydroxylation is 1. The Labute approximate surface area is 166 Å². The van der Waals surface area contributed by atoms with Crippen molar-refractivity contribution in [2.45, 2.75) is 51.2 Å². The summed E-state index contributed by atoms with van der Waals surface area (Å²) in [4.78, 5) is 18.7. The van der Waals surface area contributed by atoms with Gasteiger partial charge < -0.3 is 14.4 Å². The number of piperidine rings is 1. The molecule has 5 nitrogen and oxygen atoms in total. The molecule has 0 aliphatic carbocycles. The predicted octanol–water partition coefficient (Wildman–Crippen LogP) is 3.07. The van der Waals surface area contributed by atoms with E-state index in [0.717, 1.165) is 65.0 Å². The molecule has 0 aromatic carbocycles. The predicted molar refractivity (Wildman–Crippen MR) is 107 cm³/mol. The molecule has 1 aromatic rings. The van der Waals surface area contributed by atoms with E-state index in [1.165, 1.54) is 10.4 Å². The first kappa shape index (κ1) is 19.4. The van der Waals surface area contributed by atoms with E-state index in [1.807, 2.05) is 16.2 Å². The van der Waals surface area contributed by atoms with Gasteiger partial charge in [-0.2, -0.15) is 0 Å². The standard InChI is InChI=1S/C21H32N2O3S/c1-17-3-13-27-19(17)16-22-6-4-21(5-7-22)15-18(2-10-26-21)14-20(24)23-8-11-25-12-9-23/h3,13,18H,2,4-12,14-16H2,1H3. The van der Waals surface area contributed by atoms with Crippen molar-refractivity contribution in [3.05, 3.63) is 21.9 Å². The third-order valence-electron chi connectivity index (χ3n) is 6.52. The molecular formula is C21H32N2O3S. The molecule has 3 aliphatic rings. The van der Waals surface area contributed by atoms with Gasteiger partial charge in [0, 0.05) is 50.6 Å². The van der Waals surface area contributed by atoms with Crippen molar-refractivity contribution in [2.24, 2.45) is 5.92 Å². The number of hydrogen-bond acceptors (Lipinski definition) is 5. The molecule has 0 saturated carbocycles. The van der Waals surface area contributed by atoms with Gasteiger partial charge in [-0.1, -0.05) is 0 Å². The largest absolute Gasteiger partial charge is 0.378 e. The minimum absolute atomic E-state index is 0.00913. The normalized spacial score (nSPS) is 26.4. The number of ether oxygens (including phenoxy) is 2. The van der Waals surface area contributed by atoms with Gasteiger partial charge >= 0.3 is 0 Å². The average Bonchev–Trinajstić information content (AvgIpc) is 3.09. The zero-order valence-electron chi connectivity index (χ0n) is 16.5. The van der Waals surface area contributed by atoms with Crippen molar-refractivity contribution in [2.75, 3.05) is 46.0 Å². The smallest absolute Gasteiger partial charge is 0.223 e. The molecule has 0 N–H and O–H groups in total. The number of nitrogens with zero attached hydrogens (tertiary/aromatic N) is 2. The maximum atomic E-state index is 12.6. The summed E-state index contributed by atoms with van der Waals surface area (Å²) in [5.41, 5.74) is 1.42. The first-order valence-electron chi connectivity index (χ1n) is 10.4. The van der Waals surface area contributed by atoms with E-state index in [1.54, 1.807) is 0 Å². The van der Waals surface area contributed by atoms with E-state index < -0.39 is 0 Å². The molecule has 1 amide bonds. The van der Waals surface area contributed by atoms with E-state index in [2.05, 4.69) is 23.3 Å². The van der Waals surface area contributed by atoms with Crippen LogP contribution in [0.3, 0.4) is 0 Å². The zero-order valence-corrected chi connectivity index (χ0v) is 17.3. The number of likely N-dealkylation sites (tertiary alicyclic amines) is 1. The van der Waals surface area contributed by atoms with Gasteiger partial charge in [0.15, 0.2) is 0 Å². The lowest BCUT2D eigenvalue weighted by Gasteiger charge is -2.46. The summed E-state index contributed by atoms with van der Waals surface area (Å²) in [6, 6.07) is 2.21. The second-order valence-electron chi connectivity index (χ2n) is 8.39. The molecule has 27 heavy (non-hydrogen) atoms. The molecule has 1 atom stereocenters. The molecule has 1 aromatic heterocycles. The van der Waals surface area contributed by atoms with Crippen molar-refractivity contribution >= 4 is 17.2 Å². The lowest BCUT2D eigenvalue weighted by Crippen LogP contribution is -2.50.